The molecule has 2 aliphatic rings. The van der Waals surface area contributed by atoms with Crippen molar-refractivity contribution in [3.8, 4) is 11.5 Å². The minimum absolute atomic E-state index is 0. The number of guanidine groups is 1. The molecule has 0 unspecified atom stereocenters. The lowest BCUT2D eigenvalue weighted by Crippen LogP contribution is -2.52. The molecular formula is C17H27IN4O2. The van der Waals surface area contributed by atoms with E-state index in [1.165, 1.54) is 19.3 Å². The highest BCUT2D eigenvalue weighted by molar-refractivity contribution is 14.0. The van der Waals surface area contributed by atoms with Gasteiger partial charge in [-0.1, -0.05) is 0 Å². The monoisotopic (exact) mass is 446 g/mol. The average molecular weight is 446 g/mol. The van der Waals surface area contributed by atoms with Crippen molar-refractivity contribution >= 4 is 35.6 Å². The van der Waals surface area contributed by atoms with Gasteiger partial charge in [-0.2, -0.15) is 0 Å². The van der Waals surface area contributed by atoms with Crippen molar-refractivity contribution < 1.29 is 9.47 Å². The molecule has 1 saturated carbocycles. The van der Waals surface area contributed by atoms with Gasteiger partial charge in [-0.25, -0.2) is 0 Å². The van der Waals surface area contributed by atoms with Crippen molar-refractivity contribution in [2.45, 2.75) is 31.2 Å². The van der Waals surface area contributed by atoms with E-state index in [1.807, 2.05) is 18.2 Å². The van der Waals surface area contributed by atoms with Gasteiger partial charge in [0.25, 0.3) is 0 Å². The highest BCUT2D eigenvalue weighted by Crippen LogP contribution is 2.36. The Bertz CT molecular complexity index is 588. The lowest BCUT2D eigenvalue weighted by atomic mass is 9.76. The lowest BCUT2D eigenvalue weighted by molar-refractivity contribution is 0.0700. The number of likely N-dealkylation sites (N-methyl/N-ethyl adjacent to an activating group) is 1. The number of ether oxygens (including phenoxy) is 2. The molecule has 1 aliphatic carbocycles. The smallest absolute Gasteiger partial charge is 0.193 e. The standard InChI is InChI=1S/C17H26N4O2.HI/c1-21(2)17(7-3-8-17)12-19-16(18)20-13-5-6-14-15(11-13)23-10-4-9-22-14;/h5-6,11H,3-4,7-10,12H2,1-2H3,(H3,18,19,20);1H. The minimum atomic E-state index is 0. The van der Waals surface area contributed by atoms with Gasteiger partial charge in [0.1, 0.15) is 0 Å². The summed E-state index contributed by atoms with van der Waals surface area (Å²) in [4.78, 5) is 6.80. The number of benzene rings is 1. The van der Waals surface area contributed by atoms with Crippen molar-refractivity contribution in [3.63, 3.8) is 0 Å². The number of nitrogens with zero attached hydrogens (tertiary/aromatic N) is 2. The molecule has 7 heteroatoms. The Kier molecular flexibility index (Phi) is 6.56. The SMILES string of the molecule is CN(C)C1(CN=C(N)Nc2ccc3c(c2)OCCCO3)CCC1.I. The summed E-state index contributed by atoms with van der Waals surface area (Å²) in [5, 5.41) is 3.15. The molecule has 1 aromatic carbocycles. The molecule has 134 valence electrons. The molecule has 0 spiro atoms. The number of rotatable bonds is 4. The summed E-state index contributed by atoms with van der Waals surface area (Å²) in [7, 11) is 4.23. The molecule has 1 fully saturated rings. The molecule has 0 aromatic heterocycles. The molecule has 3 N–H and O–H groups in total. The Morgan fingerprint density at radius 2 is 1.92 bits per heavy atom. The third-order valence-electron chi connectivity index (χ3n) is 4.80. The summed E-state index contributed by atoms with van der Waals surface area (Å²) in [6, 6.07) is 5.75. The predicted octanol–water partition coefficient (Wildman–Crippen LogP) is 2.68. The second kappa shape index (κ2) is 8.24. The summed E-state index contributed by atoms with van der Waals surface area (Å²) in [6.07, 6.45) is 4.53. The van der Waals surface area contributed by atoms with Gasteiger partial charge in [-0.05, 0) is 45.5 Å². The molecule has 0 radical (unpaired) electrons. The van der Waals surface area contributed by atoms with Gasteiger partial charge in [0, 0.05) is 23.7 Å². The van der Waals surface area contributed by atoms with E-state index in [9.17, 15) is 0 Å². The van der Waals surface area contributed by atoms with Crippen LogP contribution in [0.5, 0.6) is 11.5 Å². The van der Waals surface area contributed by atoms with E-state index >= 15 is 0 Å². The normalized spacial score (nSPS) is 19.0. The van der Waals surface area contributed by atoms with Gasteiger partial charge in [0.05, 0.1) is 19.8 Å². The first-order chi connectivity index (χ1) is 11.1. The average Bonchev–Trinajstić information content (AvgIpc) is 2.70. The van der Waals surface area contributed by atoms with Gasteiger partial charge in [-0.3, -0.25) is 4.99 Å². The zero-order chi connectivity index (χ0) is 16.3. The maximum Gasteiger partial charge on any atom is 0.193 e. The maximum absolute atomic E-state index is 6.05. The first kappa shape index (κ1) is 19.1. The topological polar surface area (TPSA) is 72.1 Å². The van der Waals surface area contributed by atoms with Crippen molar-refractivity contribution in [2.75, 3.05) is 39.2 Å². The van der Waals surface area contributed by atoms with Gasteiger partial charge >= 0.3 is 0 Å². The van der Waals surface area contributed by atoms with Gasteiger partial charge in [-0.15, -0.1) is 24.0 Å². The third-order valence-corrected chi connectivity index (χ3v) is 4.80. The fourth-order valence-corrected chi connectivity index (χ4v) is 2.99. The zero-order valence-electron chi connectivity index (χ0n) is 14.4. The summed E-state index contributed by atoms with van der Waals surface area (Å²) in [5.41, 5.74) is 7.09. The molecule has 1 aliphatic heterocycles. The first-order valence-electron chi connectivity index (χ1n) is 8.23. The molecule has 1 heterocycles. The van der Waals surface area contributed by atoms with Crippen LogP contribution in [0.25, 0.3) is 0 Å². The molecule has 0 bridgehead atoms. The van der Waals surface area contributed by atoms with Crippen LogP contribution in [0.3, 0.4) is 0 Å². The van der Waals surface area contributed by atoms with Crippen LogP contribution < -0.4 is 20.5 Å². The highest BCUT2D eigenvalue weighted by atomic mass is 127. The number of anilines is 1. The van der Waals surface area contributed by atoms with Gasteiger partial charge in [0.2, 0.25) is 0 Å². The number of fused-ring (bicyclic) bond motifs is 1. The molecule has 24 heavy (non-hydrogen) atoms. The number of nitrogens with one attached hydrogen (secondary N) is 1. The number of aliphatic imine (C=N–C) groups is 1. The van der Waals surface area contributed by atoms with Crippen molar-refractivity contribution in [3.05, 3.63) is 18.2 Å². The second-order valence-electron chi connectivity index (χ2n) is 6.51. The second-order valence-corrected chi connectivity index (χ2v) is 6.51. The van der Waals surface area contributed by atoms with Crippen LogP contribution in [0, 0.1) is 0 Å². The van der Waals surface area contributed by atoms with Crippen LogP contribution in [0.1, 0.15) is 25.7 Å². The van der Waals surface area contributed by atoms with Gasteiger partial charge < -0.3 is 25.4 Å². The van der Waals surface area contributed by atoms with Crippen LogP contribution in [0.15, 0.2) is 23.2 Å². The molecule has 0 atom stereocenters. The Morgan fingerprint density at radius 3 is 2.54 bits per heavy atom. The van der Waals surface area contributed by atoms with Crippen LogP contribution >= 0.6 is 24.0 Å². The fraction of sp³-hybridized carbons (Fsp3) is 0.588. The predicted molar refractivity (Wildman–Crippen MR) is 108 cm³/mol. The largest absolute Gasteiger partial charge is 0.490 e. The fourth-order valence-electron chi connectivity index (χ4n) is 2.99. The Balaban J connectivity index is 0.00000208. The molecule has 0 amide bonds. The van der Waals surface area contributed by atoms with Crippen LogP contribution in [0.2, 0.25) is 0 Å². The van der Waals surface area contributed by atoms with Crippen molar-refractivity contribution in [1.82, 2.24) is 4.90 Å². The van der Waals surface area contributed by atoms with E-state index in [0.717, 1.165) is 30.2 Å². The molecule has 3 rings (SSSR count). The summed E-state index contributed by atoms with van der Waals surface area (Å²) < 4.78 is 11.3. The van der Waals surface area contributed by atoms with Crippen LogP contribution in [-0.2, 0) is 0 Å². The van der Waals surface area contributed by atoms with E-state index in [-0.39, 0.29) is 29.5 Å². The summed E-state index contributed by atoms with van der Waals surface area (Å²) in [5.74, 6) is 1.97. The molecule has 1 aromatic rings. The minimum Gasteiger partial charge on any atom is -0.490 e. The highest BCUT2D eigenvalue weighted by Gasteiger charge is 2.38. The summed E-state index contributed by atoms with van der Waals surface area (Å²) >= 11 is 0. The Hall–Kier alpha value is -1.22. The number of hydrogen-bond acceptors (Lipinski definition) is 4. The lowest BCUT2D eigenvalue weighted by Gasteiger charge is -2.46. The third kappa shape index (κ3) is 4.24. The molecule has 6 nitrogen and oxygen atoms in total. The zero-order valence-corrected chi connectivity index (χ0v) is 16.7. The van der Waals surface area contributed by atoms with E-state index in [1.54, 1.807) is 0 Å². The van der Waals surface area contributed by atoms with Gasteiger partial charge in [0.15, 0.2) is 17.5 Å². The molecular weight excluding hydrogens is 419 g/mol. The van der Waals surface area contributed by atoms with Crippen LogP contribution in [0.4, 0.5) is 5.69 Å². The number of nitrogens with two attached hydrogens (primary N) is 1. The number of hydrogen-bond donors (Lipinski definition) is 2. The quantitative estimate of drug-likeness (QED) is 0.423. The van der Waals surface area contributed by atoms with E-state index in [0.29, 0.717) is 19.2 Å². The van der Waals surface area contributed by atoms with E-state index in [2.05, 4.69) is 29.3 Å². The van der Waals surface area contributed by atoms with Crippen molar-refractivity contribution in [1.29, 1.82) is 0 Å². The summed E-state index contributed by atoms with van der Waals surface area (Å²) in [6.45, 7) is 2.09. The van der Waals surface area contributed by atoms with Crippen LogP contribution in [-0.4, -0.2) is 50.3 Å². The van der Waals surface area contributed by atoms with E-state index < -0.39 is 0 Å². The Morgan fingerprint density at radius 1 is 1.21 bits per heavy atom. The molecule has 0 saturated heterocycles. The van der Waals surface area contributed by atoms with E-state index in [4.69, 9.17) is 15.2 Å². The maximum atomic E-state index is 6.05. The first-order valence-corrected chi connectivity index (χ1v) is 8.23. The Labute approximate surface area is 160 Å². The number of halogens is 1. The van der Waals surface area contributed by atoms with Crippen molar-refractivity contribution in [2.24, 2.45) is 10.7 Å².